The summed E-state index contributed by atoms with van der Waals surface area (Å²) in [5.74, 6) is 0.360. The molecular weight excluding hydrogens is 542 g/mol. The van der Waals surface area contributed by atoms with E-state index in [1.807, 2.05) is 111 Å². The average Bonchev–Trinajstić information content (AvgIpc) is 3.52. The zero-order valence-electron chi connectivity index (χ0n) is 24.6. The standard InChI is InChI=1S/C20H23N5O2.2C7H8O/c1-3-20(13-21,18-10-9-17-19(22)23-14-24-25(17)18)27-15(2)11-26-12-16-7-5-4-6-8-16;2*8-6-7-4-2-1-3-5-7/h4-10,14-15H,3,11-12H2,1-2H3,(H2,22,23,24);2*1-5,8H,6H2. The van der Waals surface area contributed by atoms with Gasteiger partial charge in [-0.3, -0.25) is 0 Å². The van der Waals surface area contributed by atoms with Crippen molar-refractivity contribution in [2.75, 3.05) is 12.3 Å². The summed E-state index contributed by atoms with van der Waals surface area (Å²) in [6, 6.07) is 34.9. The minimum absolute atomic E-state index is 0.140. The first-order valence-corrected chi connectivity index (χ1v) is 14.0. The maximum atomic E-state index is 9.93. The maximum absolute atomic E-state index is 9.93. The van der Waals surface area contributed by atoms with E-state index >= 15 is 0 Å². The van der Waals surface area contributed by atoms with Crippen molar-refractivity contribution >= 4 is 11.3 Å². The number of hydrogen-bond acceptors (Lipinski definition) is 8. The summed E-state index contributed by atoms with van der Waals surface area (Å²) in [4.78, 5) is 3.99. The number of aliphatic hydroxyl groups is 2. The van der Waals surface area contributed by atoms with Crippen molar-refractivity contribution in [1.82, 2.24) is 14.6 Å². The second-order valence-corrected chi connectivity index (χ2v) is 9.67. The molecule has 9 heteroatoms. The molecule has 0 fully saturated rings. The Balaban J connectivity index is 0.000000255. The third-order valence-corrected chi connectivity index (χ3v) is 6.49. The molecule has 0 radical (unpaired) electrons. The first-order chi connectivity index (χ1) is 21.0. The van der Waals surface area contributed by atoms with E-state index in [2.05, 4.69) is 16.2 Å². The number of rotatable bonds is 10. The molecule has 2 unspecified atom stereocenters. The molecule has 5 rings (SSSR count). The molecule has 4 N–H and O–H groups in total. The smallest absolute Gasteiger partial charge is 0.196 e. The molecule has 9 nitrogen and oxygen atoms in total. The van der Waals surface area contributed by atoms with Crippen molar-refractivity contribution in [2.45, 2.75) is 51.8 Å². The van der Waals surface area contributed by atoms with Crippen LogP contribution in [0.25, 0.3) is 5.52 Å². The monoisotopic (exact) mass is 581 g/mol. The van der Waals surface area contributed by atoms with Gasteiger partial charge in [0.1, 0.15) is 17.9 Å². The van der Waals surface area contributed by atoms with Crippen LogP contribution in [0, 0.1) is 11.3 Å². The molecule has 5 aromatic rings. The third kappa shape index (κ3) is 9.74. The first-order valence-electron chi connectivity index (χ1n) is 14.0. The van der Waals surface area contributed by atoms with Crippen molar-refractivity contribution < 1.29 is 19.7 Å². The third-order valence-electron chi connectivity index (χ3n) is 6.49. The Morgan fingerprint density at radius 1 is 0.860 bits per heavy atom. The Morgan fingerprint density at radius 3 is 1.86 bits per heavy atom. The van der Waals surface area contributed by atoms with E-state index in [0.717, 1.165) is 16.7 Å². The lowest BCUT2D eigenvalue weighted by Gasteiger charge is -2.29. The van der Waals surface area contributed by atoms with Crippen LogP contribution < -0.4 is 5.73 Å². The van der Waals surface area contributed by atoms with Gasteiger partial charge in [0.05, 0.1) is 38.2 Å². The fraction of sp³-hybridized carbons (Fsp3) is 0.265. The number of anilines is 1. The lowest BCUT2D eigenvalue weighted by Crippen LogP contribution is -2.34. The van der Waals surface area contributed by atoms with E-state index in [4.69, 9.17) is 25.4 Å². The van der Waals surface area contributed by atoms with Crippen LogP contribution in [0.3, 0.4) is 0 Å². The zero-order valence-corrected chi connectivity index (χ0v) is 24.6. The number of benzene rings is 3. The van der Waals surface area contributed by atoms with E-state index in [9.17, 15) is 5.26 Å². The van der Waals surface area contributed by atoms with Gasteiger partial charge in [0, 0.05) is 0 Å². The first kappa shape index (κ1) is 32.9. The normalized spacial score (nSPS) is 12.5. The summed E-state index contributed by atoms with van der Waals surface area (Å²) in [7, 11) is 0. The summed E-state index contributed by atoms with van der Waals surface area (Å²) in [5, 5.41) is 31.2. The summed E-state index contributed by atoms with van der Waals surface area (Å²) in [5.41, 5.74) is 9.06. The van der Waals surface area contributed by atoms with Gasteiger partial charge < -0.3 is 25.4 Å². The molecular formula is C34H39N5O4. The second-order valence-electron chi connectivity index (χ2n) is 9.67. The Bertz CT molecular complexity index is 1490. The maximum Gasteiger partial charge on any atom is 0.196 e. The highest BCUT2D eigenvalue weighted by atomic mass is 16.5. The van der Waals surface area contributed by atoms with Gasteiger partial charge in [-0.1, -0.05) is 97.9 Å². The van der Waals surface area contributed by atoms with Crippen LogP contribution in [0.15, 0.2) is 109 Å². The van der Waals surface area contributed by atoms with E-state index in [1.54, 1.807) is 10.6 Å². The molecule has 0 saturated heterocycles. The van der Waals surface area contributed by atoms with Crippen LogP contribution in [-0.4, -0.2) is 37.5 Å². The predicted octanol–water partition coefficient (Wildman–Crippen LogP) is 5.42. The second kappa shape index (κ2) is 17.4. The Labute approximate surface area is 252 Å². The average molecular weight is 582 g/mol. The lowest BCUT2D eigenvalue weighted by atomic mass is 9.98. The molecule has 224 valence electrons. The largest absolute Gasteiger partial charge is 0.392 e. The predicted molar refractivity (Wildman–Crippen MR) is 166 cm³/mol. The van der Waals surface area contributed by atoms with Gasteiger partial charge in [-0.05, 0) is 42.2 Å². The molecule has 2 atom stereocenters. The molecule has 0 aliphatic heterocycles. The number of nitrogen functional groups attached to an aromatic ring is 1. The molecule has 0 aliphatic rings. The fourth-order valence-corrected chi connectivity index (χ4v) is 4.21. The zero-order chi connectivity index (χ0) is 30.9. The Kier molecular flexibility index (Phi) is 13.3. The van der Waals surface area contributed by atoms with Crippen molar-refractivity contribution in [3.63, 3.8) is 0 Å². The number of nitrogens with zero attached hydrogens (tertiary/aromatic N) is 4. The molecule has 0 bridgehead atoms. The van der Waals surface area contributed by atoms with E-state index in [-0.39, 0.29) is 19.3 Å². The molecule has 2 heterocycles. The summed E-state index contributed by atoms with van der Waals surface area (Å²) < 4.78 is 13.5. The summed E-state index contributed by atoms with van der Waals surface area (Å²) in [6.45, 7) is 4.95. The number of ether oxygens (including phenoxy) is 2. The van der Waals surface area contributed by atoms with Crippen LogP contribution in [0.2, 0.25) is 0 Å². The number of aromatic nitrogens is 3. The van der Waals surface area contributed by atoms with Crippen molar-refractivity contribution in [1.29, 1.82) is 5.26 Å². The van der Waals surface area contributed by atoms with Crippen LogP contribution in [-0.2, 0) is 34.9 Å². The minimum Gasteiger partial charge on any atom is -0.392 e. The highest BCUT2D eigenvalue weighted by molar-refractivity contribution is 5.65. The number of aliphatic hydroxyl groups excluding tert-OH is 2. The van der Waals surface area contributed by atoms with Gasteiger partial charge in [-0.2, -0.15) is 10.4 Å². The number of fused-ring (bicyclic) bond motifs is 1. The van der Waals surface area contributed by atoms with Gasteiger partial charge in [-0.15, -0.1) is 0 Å². The Hall–Kier alpha value is -4.59. The van der Waals surface area contributed by atoms with Gasteiger partial charge in [0.15, 0.2) is 11.4 Å². The van der Waals surface area contributed by atoms with Crippen LogP contribution in [0.4, 0.5) is 5.82 Å². The SMILES string of the molecule is CCC(C#N)(OC(C)COCc1ccccc1)c1ccc2c(N)ncnn12.OCc1ccccc1.OCc1ccccc1. The summed E-state index contributed by atoms with van der Waals surface area (Å²) >= 11 is 0. The molecule has 0 saturated carbocycles. The molecule has 0 amide bonds. The Morgan fingerprint density at radius 2 is 1.40 bits per heavy atom. The van der Waals surface area contributed by atoms with Gasteiger partial charge in [0.2, 0.25) is 0 Å². The number of nitriles is 1. The molecule has 0 spiro atoms. The van der Waals surface area contributed by atoms with Crippen molar-refractivity contribution in [3.8, 4) is 6.07 Å². The highest BCUT2D eigenvalue weighted by Crippen LogP contribution is 2.32. The number of hydrogen-bond donors (Lipinski definition) is 3. The molecule has 3 aromatic carbocycles. The van der Waals surface area contributed by atoms with E-state index < -0.39 is 5.60 Å². The molecule has 0 aliphatic carbocycles. The van der Waals surface area contributed by atoms with Crippen molar-refractivity contribution in [2.24, 2.45) is 0 Å². The lowest BCUT2D eigenvalue weighted by molar-refractivity contribution is -0.0935. The van der Waals surface area contributed by atoms with Crippen LogP contribution >= 0.6 is 0 Å². The van der Waals surface area contributed by atoms with E-state index in [1.165, 1.54) is 6.33 Å². The number of nitrogens with two attached hydrogens (primary N) is 1. The van der Waals surface area contributed by atoms with Gasteiger partial charge >= 0.3 is 0 Å². The van der Waals surface area contributed by atoms with Crippen LogP contribution in [0.1, 0.15) is 42.7 Å². The molecule has 43 heavy (non-hydrogen) atoms. The minimum atomic E-state index is -1.15. The van der Waals surface area contributed by atoms with E-state index in [0.29, 0.717) is 36.7 Å². The van der Waals surface area contributed by atoms with Crippen molar-refractivity contribution in [3.05, 3.63) is 132 Å². The van der Waals surface area contributed by atoms with Gasteiger partial charge in [0.25, 0.3) is 0 Å². The molecule has 2 aromatic heterocycles. The summed E-state index contributed by atoms with van der Waals surface area (Å²) in [6.07, 6.45) is 1.55. The van der Waals surface area contributed by atoms with Crippen LogP contribution in [0.5, 0.6) is 0 Å². The highest BCUT2D eigenvalue weighted by Gasteiger charge is 2.37. The fourth-order valence-electron chi connectivity index (χ4n) is 4.21. The topological polar surface area (TPSA) is 139 Å². The quantitative estimate of drug-likeness (QED) is 0.199. The van der Waals surface area contributed by atoms with Gasteiger partial charge in [-0.25, -0.2) is 9.50 Å².